The maximum Gasteiger partial charge on any atom is 0.271 e. The van der Waals surface area contributed by atoms with E-state index >= 15 is 0 Å². The fraction of sp³-hybridized carbons (Fsp3) is 0.167. The largest absolute Gasteiger partial charge is 0.377 e. The summed E-state index contributed by atoms with van der Waals surface area (Å²) in [6.07, 6.45) is 0. The molecule has 0 aliphatic rings. The smallest absolute Gasteiger partial charge is 0.271 e. The van der Waals surface area contributed by atoms with Crippen LogP contribution in [0, 0.1) is 10.1 Å². The summed E-state index contributed by atoms with van der Waals surface area (Å²) in [5.74, 6) is 0. The average Bonchev–Trinajstić information content (AvgIpc) is 2.78. The van der Waals surface area contributed by atoms with Crippen molar-refractivity contribution in [1.29, 1.82) is 0 Å². The predicted molar refractivity (Wildman–Crippen MR) is 82.2 cm³/mol. The number of nitro benzene ring substituents is 1. The van der Waals surface area contributed by atoms with Crippen molar-refractivity contribution in [3.63, 3.8) is 0 Å². The highest BCUT2D eigenvalue weighted by molar-refractivity contribution is 9.10. The second-order valence-corrected chi connectivity index (χ2v) is 6.37. The highest BCUT2D eigenvalue weighted by atomic mass is 79.9. The van der Waals surface area contributed by atoms with Crippen LogP contribution in [0.25, 0.3) is 0 Å². The van der Waals surface area contributed by atoms with Crippen LogP contribution in [0.5, 0.6) is 0 Å². The number of benzene rings is 1. The molecule has 1 aromatic heterocycles. The Morgan fingerprint density at radius 1 is 1.47 bits per heavy atom. The summed E-state index contributed by atoms with van der Waals surface area (Å²) < 4.78 is 1.51. The van der Waals surface area contributed by atoms with E-state index in [1.54, 1.807) is 6.07 Å². The van der Waals surface area contributed by atoms with Gasteiger partial charge in [-0.15, -0.1) is 11.3 Å². The Hall–Kier alpha value is -1.11. The summed E-state index contributed by atoms with van der Waals surface area (Å²) in [7, 11) is 0. The number of hydrogen-bond acceptors (Lipinski definition) is 4. The summed E-state index contributed by atoms with van der Waals surface area (Å²) in [5, 5.41) is 16.0. The Morgan fingerprint density at radius 2 is 2.21 bits per heavy atom. The fourth-order valence-electron chi connectivity index (χ4n) is 1.60. The van der Waals surface area contributed by atoms with Crippen LogP contribution < -0.4 is 5.32 Å². The molecule has 1 N–H and O–H groups in total. The van der Waals surface area contributed by atoms with Crippen molar-refractivity contribution < 1.29 is 4.92 Å². The summed E-state index contributed by atoms with van der Waals surface area (Å²) in [6, 6.07) is 6.53. The third-order valence-electron chi connectivity index (χ3n) is 2.62. The van der Waals surface area contributed by atoms with E-state index in [1.807, 2.05) is 18.4 Å². The van der Waals surface area contributed by atoms with Crippen molar-refractivity contribution in [3.8, 4) is 0 Å². The molecule has 0 saturated carbocycles. The Kier molecular flexibility index (Phi) is 4.44. The van der Waals surface area contributed by atoms with Crippen molar-refractivity contribution in [3.05, 3.63) is 54.1 Å². The summed E-state index contributed by atoms with van der Waals surface area (Å²) >= 11 is 10.7. The van der Waals surface area contributed by atoms with Crippen LogP contribution in [0.2, 0.25) is 4.34 Å². The van der Waals surface area contributed by atoms with E-state index in [-0.39, 0.29) is 11.7 Å². The van der Waals surface area contributed by atoms with Gasteiger partial charge in [0.15, 0.2) is 0 Å². The first-order valence-electron chi connectivity index (χ1n) is 5.42. The molecule has 1 atom stereocenters. The van der Waals surface area contributed by atoms with Crippen LogP contribution in [0.1, 0.15) is 18.5 Å². The molecule has 19 heavy (non-hydrogen) atoms. The molecule has 0 aliphatic heterocycles. The lowest BCUT2D eigenvalue weighted by Gasteiger charge is -2.15. The standard InChI is InChI=1S/C12H10BrClN2O2S/c1-7(8-4-12(14)19-6-8)15-11-5-9(16(17)18)2-3-10(11)13/h2-7,15H,1H3. The molecule has 0 fully saturated rings. The number of halogens is 2. The highest BCUT2D eigenvalue weighted by Gasteiger charge is 2.13. The van der Waals surface area contributed by atoms with E-state index in [4.69, 9.17) is 11.6 Å². The van der Waals surface area contributed by atoms with Gasteiger partial charge in [0, 0.05) is 22.6 Å². The lowest BCUT2D eigenvalue weighted by atomic mass is 10.1. The lowest BCUT2D eigenvalue weighted by Crippen LogP contribution is -2.06. The second kappa shape index (κ2) is 5.90. The number of nitro groups is 1. The Bertz CT molecular complexity index is 618. The fourth-order valence-corrected chi connectivity index (χ4v) is 2.95. The van der Waals surface area contributed by atoms with Crippen LogP contribution >= 0.6 is 38.9 Å². The quantitative estimate of drug-likeness (QED) is 0.598. The second-order valence-electron chi connectivity index (χ2n) is 3.97. The molecule has 1 unspecified atom stereocenters. The number of nitrogens with one attached hydrogen (secondary N) is 1. The van der Waals surface area contributed by atoms with E-state index in [0.29, 0.717) is 5.69 Å². The average molecular weight is 362 g/mol. The zero-order valence-corrected chi connectivity index (χ0v) is 13.1. The summed E-state index contributed by atoms with van der Waals surface area (Å²) in [6.45, 7) is 1.98. The van der Waals surface area contributed by atoms with E-state index in [0.717, 1.165) is 14.4 Å². The molecule has 0 spiro atoms. The third-order valence-corrected chi connectivity index (χ3v) is 4.42. The third kappa shape index (κ3) is 3.46. The molecule has 1 heterocycles. The van der Waals surface area contributed by atoms with Crippen molar-refractivity contribution in [2.75, 3.05) is 5.32 Å². The maximum absolute atomic E-state index is 10.8. The summed E-state index contributed by atoms with van der Waals surface area (Å²) in [5.41, 5.74) is 1.79. The van der Waals surface area contributed by atoms with Gasteiger partial charge in [-0.1, -0.05) is 11.6 Å². The minimum atomic E-state index is -0.413. The van der Waals surface area contributed by atoms with E-state index < -0.39 is 4.92 Å². The minimum absolute atomic E-state index is 0.0158. The number of hydrogen-bond donors (Lipinski definition) is 1. The molecule has 0 saturated heterocycles. The maximum atomic E-state index is 10.8. The number of rotatable bonds is 4. The highest BCUT2D eigenvalue weighted by Crippen LogP contribution is 2.32. The van der Waals surface area contributed by atoms with Crippen molar-refractivity contribution in [1.82, 2.24) is 0 Å². The topological polar surface area (TPSA) is 55.2 Å². The van der Waals surface area contributed by atoms with Crippen molar-refractivity contribution in [2.45, 2.75) is 13.0 Å². The van der Waals surface area contributed by atoms with Gasteiger partial charge in [0.2, 0.25) is 0 Å². The number of anilines is 1. The van der Waals surface area contributed by atoms with Crippen LogP contribution in [-0.2, 0) is 0 Å². The van der Waals surface area contributed by atoms with E-state index in [1.165, 1.54) is 23.5 Å². The van der Waals surface area contributed by atoms with Gasteiger partial charge >= 0.3 is 0 Å². The Labute approximate surface area is 127 Å². The van der Waals surface area contributed by atoms with Crippen LogP contribution in [0.15, 0.2) is 34.1 Å². The van der Waals surface area contributed by atoms with Crippen molar-refractivity contribution >= 4 is 50.2 Å². The number of thiophene rings is 1. The van der Waals surface area contributed by atoms with Gasteiger partial charge in [0.25, 0.3) is 5.69 Å². The zero-order valence-electron chi connectivity index (χ0n) is 9.89. The Balaban J connectivity index is 2.22. The first-order valence-corrected chi connectivity index (χ1v) is 7.47. The van der Waals surface area contributed by atoms with Crippen LogP contribution in [0.3, 0.4) is 0 Å². The van der Waals surface area contributed by atoms with Gasteiger partial charge in [-0.05, 0) is 45.9 Å². The van der Waals surface area contributed by atoms with Gasteiger partial charge in [-0.3, -0.25) is 10.1 Å². The molecule has 0 aliphatic carbocycles. The zero-order chi connectivity index (χ0) is 14.0. The molecular formula is C12H10BrClN2O2S. The minimum Gasteiger partial charge on any atom is -0.377 e. The molecule has 4 nitrogen and oxygen atoms in total. The predicted octanol–water partition coefficient (Wildman–Crippen LogP) is 5.25. The molecule has 2 aromatic rings. The number of non-ortho nitro benzene ring substituents is 1. The molecule has 1 aromatic carbocycles. The molecule has 0 radical (unpaired) electrons. The monoisotopic (exact) mass is 360 g/mol. The Morgan fingerprint density at radius 3 is 2.79 bits per heavy atom. The molecule has 7 heteroatoms. The van der Waals surface area contributed by atoms with Gasteiger partial charge in [0.1, 0.15) is 0 Å². The van der Waals surface area contributed by atoms with Gasteiger partial charge in [-0.2, -0.15) is 0 Å². The van der Waals surface area contributed by atoms with Crippen LogP contribution in [-0.4, -0.2) is 4.92 Å². The molecule has 0 bridgehead atoms. The van der Waals surface area contributed by atoms with Gasteiger partial charge < -0.3 is 5.32 Å². The van der Waals surface area contributed by atoms with Crippen LogP contribution in [0.4, 0.5) is 11.4 Å². The van der Waals surface area contributed by atoms with E-state index in [9.17, 15) is 10.1 Å². The molecule has 100 valence electrons. The van der Waals surface area contributed by atoms with Crippen molar-refractivity contribution in [2.24, 2.45) is 0 Å². The van der Waals surface area contributed by atoms with Gasteiger partial charge in [0.05, 0.1) is 14.9 Å². The molecule has 0 amide bonds. The first kappa shape index (κ1) is 14.3. The van der Waals surface area contributed by atoms with E-state index in [2.05, 4.69) is 21.2 Å². The lowest BCUT2D eigenvalue weighted by molar-refractivity contribution is -0.384. The first-order chi connectivity index (χ1) is 8.97. The molecule has 2 rings (SSSR count). The normalized spacial score (nSPS) is 12.2. The summed E-state index contributed by atoms with van der Waals surface area (Å²) in [4.78, 5) is 10.4. The van der Waals surface area contributed by atoms with Gasteiger partial charge in [-0.25, -0.2) is 0 Å². The number of nitrogens with zero attached hydrogens (tertiary/aromatic N) is 1. The SMILES string of the molecule is CC(Nc1cc([N+](=O)[O-])ccc1Br)c1csc(Cl)c1. The molecular weight excluding hydrogens is 352 g/mol.